The standard InChI is InChI=1S/C11H10N2O4/c1-17-7-4-2-3-6-10(7)12-8(5-9(14)15)13-11(6)16/h2-4H,5H2,1H3,(H,14,15)(H,12,13,16). The molecule has 0 aliphatic heterocycles. The van der Waals surface area contributed by atoms with Crippen molar-refractivity contribution >= 4 is 16.9 Å². The Morgan fingerprint density at radius 3 is 2.94 bits per heavy atom. The van der Waals surface area contributed by atoms with Crippen molar-refractivity contribution in [2.45, 2.75) is 6.42 Å². The van der Waals surface area contributed by atoms with E-state index in [1.165, 1.54) is 7.11 Å². The lowest BCUT2D eigenvalue weighted by molar-refractivity contribution is -0.136. The molecular formula is C11H10N2O4. The van der Waals surface area contributed by atoms with Crippen LogP contribution in [0.5, 0.6) is 5.75 Å². The summed E-state index contributed by atoms with van der Waals surface area (Å²) in [5, 5.41) is 9.04. The van der Waals surface area contributed by atoms with Crippen molar-refractivity contribution in [3.63, 3.8) is 0 Å². The maximum atomic E-state index is 11.7. The van der Waals surface area contributed by atoms with Crippen LogP contribution in [0.4, 0.5) is 0 Å². The Morgan fingerprint density at radius 1 is 1.53 bits per heavy atom. The summed E-state index contributed by atoms with van der Waals surface area (Å²) in [5.41, 5.74) is 0.000139. The lowest BCUT2D eigenvalue weighted by Gasteiger charge is -2.05. The Hall–Kier alpha value is -2.37. The lowest BCUT2D eigenvalue weighted by atomic mass is 10.2. The van der Waals surface area contributed by atoms with Crippen molar-refractivity contribution in [3.05, 3.63) is 34.4 Å². The number of carboxylic acids is 1. The molecule has 1 aromatic heterocycles. The molecule has 0 atom stereocenters. The number of aliphatic carboxylic acids is 1. The number of nitrogens with one attached hydrogen (secondary N) is 1. The Morgan fingerprint density at radius 2 is 2.29 bits per heavy atom. The summed E-state index contributed by atoms with van der Waals surface area (Å²) in [6.07, 6.45) is -0.330. The zero-order valence-corrected chi connectivity index (χ0v) is 9.06. The second kappa shape index (κ2) is 4.25. The van der Waals surface area contributed by atoms with Gasteiger partial charge in [0.25, 0.3) is 5.56 Å². The molecule has 0 fully saturated rings. The van der Waals surface area contributed by atoms with Crippen LogP contribution in [0.15, 0.2) is 23.0 Å². The third-order valence-corrected chi connectivity index (χ3v) is 2.29. The third kappa shape index (κ3) is 2.10. The number of hydrogen-bond donors (Lipinski definition) is 2. The van der Waals surface area contributed by atoms with E-state index in [2.05, 4.69) is 9.97 Å². The van der Waals surface area contributed by atoms with Crippen LogP contribution in [0.3, 0.4) is 0 Å². The molecule has 0 spiro atoms. The summed E-state index contributed by atoms with van der Waals surface area (Å²) < 4.78 is 5.08. The Labute approximate surface area is 95.9 Å². The monoisotopic (exact) mass is 234 g/mol. The van der Waals surface area contributed by atoms with Crippen LogP contribution in [-0.2, 0) is 11.2 Å². The van der Waals surface area contributed by atoms with Gasteiger partial charge in [-0.1, -0.05) is 6.07 Å². The maximum absolute atomic E-state index is 11.7. The van der Waals surface area contributed by atoms with Gasteiger partial charge in [0.1, 0.15) is 23.5 Å². The summed E-state index contributed by atoms with van der Waals surface area (Å²) in [4.78, 5) is 28.8. The molecule has 2 rings (SSSR count). The molecule has 1 aromatic carbocycles. The highest BCUT2D eigenvalue weighted by Gasteiger charge is 2.10. The molecule has 6 nitrogen and oxygen atoms in total. The van der Waals surface area contributed by atoms with Gasteiger partial charge in [-0.3, -0.25) is 9.59 Å². The first-order chi connectivity index (χ1) is 8.11. The van der Waals surface area contributed by atoms with Gasteiger partial charge in [-0.25, -0.2) is 4.98 Å². The number of benzene rings is 1. The van der Waals surface area contributed by atoms with Crippen LogP contribution in [0.2, 0.25) is 0 Å². The summed E-state index contributed by atoms with van der Waals surface area (Å²) in [6.45, 7) is 0. The number of aromatic amines is 1. The van der Waals surface area contributed by atoms with Gasteiger partial charge < -0.3 is 14.8 Å². The molecule has 0 saturated heterocycles. The van der Waals surface area contributed by atoms with E-state index in [4.69, 9.17) is 9.84 Å². The molecule has 0 aliphatic rings. The number of H-pyrrole nitrogens is 1. The fourth-order valence-electron chi connectivity index (χ4n) is 1.57. The minimum atomic E-state index is -1.05. The van der Waals surface area contributed by atoms with Crippen molar-refractivity contribution in [2.24, 2.45) is 0 Å². The molecule has 88 valence electrons. The zero-order valence-electron chi connectivity index (χ0n) is 9.06. The summed E-state index contributed by atoms with van der Waals surface area (Å²) >= 11 is 0. The molecule has 6 heteroatoms. The maximum Gasteiger partial charge on any atom is 0.311 e. The van der Waals surface area contributed by atoms with Gasteiger partial charge in [-0.05, 0) is 12.1 Å². The predicted octanol–water partition coefficient (Wildman–Crippen LogP) is 0.559. The fraction of sp³-hybridized carbons (Fsp3) is 0.182. The smallest absolute Gasteiger partial charge is 0.311 e. The van der Waals surface area contributed by atoms with Crippen molar-refractivity contribution in [3.8, 4) is 5.75 Å². The van der Waals surface area contributed by atoms with Gasteiger partial charge in [-0.15, -0.1) is 0 Å². The van der Waals surface area contributed by atoms with E-state index in [1.807, 2.05) is 0 Å². The first kappa shape index (κ1) is 11.1. The molecule has 1 heterocycles. The predicted molar refractivity (Wildman–Crippen MR) is 60.3 cm³/mol. The van der Waals surface area contributed by atoms with E-state index in [0.29, 0.717) is 16.7 Å². The van der Waals surface area contributed by atoms with Crippen molar-refractivity contribution in [2.75, 3.05) is 7.11 Å². The Bertz CT molecular complexity index is 633. The van der Waals surface area contributed by atoms with Gasteiger partial charge in [0, 0.05) is 0 Å². The molecule has 0 saturated carbocycles. The first-order valence-corrected chi connectivity index (χ1v) is 4.89. The van der Waals surface area contributed by atoms with Crippen LogP contribution in [0.25, 0.3) is 10.9 Å². The normalized spacial score (nSPS) is 10.4. The fourth-order valence-corrected chi connectivity index (χ4v) is 1.57. The Balaban J connectivity index is 2.70. The quantitative estimate of drug-likeness (QED) is 0.809. The number of methoxy groups -OCH3 is 1. The minimum absolute atomic E-state index is 0.111. The topological polar surface area (TPSA) is 92.3 Å². The SMILES string of the molecule is COc1cccc2c(=O)[nH]c(CC(=O)O)nc12. The molecule has 0 bridgehead atoms. The molecule has 0 unspecified atom stereocenters. The van der Waals surface area contributed by atoms with Crippen molar-refractivity contribution in [1.82, 2.24) is 9.97 Å². The average Bonchev–Trinajstić information content (AvgIpc) is 2.27. The van der Waals surface area contributed by atoms with E-state index in [0.717, 1.165) is 0 Å². The zero-order chi connectivity index (χ0) is 12.4. The van der Waals surface area contributed by atoms with Crippen molar-refractivity contribution < 1.29 is 14.6 Å². The lowest BCUT2D eigenvalue weighted by Crippen LogP contribution is -2.15. The number of carbonyl (C=O) groups is 1. The summed E-state index contributed by atoms with van der Waals surface area (Å²) in [6, 6.07) is 4.95. The third-order valence-electron chi connectivity index (χ3n) is 2.29. The minimum Gasteiger partial charge on any atom is -0.494 e. The van der Waals surface area contributed by atoms with Gasteiger partial charge in [0.05, 0.1) is 12.5 Å². The van der Waals surface area contributed by atoms with Gasteiger partial charge in [-0.2, -0.15) is 0 Å². The van der Waals surface area contributed by atoms with Crippen LogP contribution >= 0.6 is 0 Å². The summed E-state index contributed by atoms with van der Waals surface area (Å²) in [7, 11) is 1.47. The van der Waals surface area contributed by atoms with E-state index in [-0.39, 0.29) is 17.8 Å². The molecule has 2 aromatic rings. The first-order valence-electron chi connectivity index (χ1n) is 4.89. The Kier molecular flexibility index (Phi) is 2.78. The molecule has 0 aliphatic carbocycles. The van der Waals surface area contributed by atoms with Crippen LogP contribution in [0.1, 0.15) is 5.82 Å². The van der Waals surface area contributed by atoms with Crippen LogP contribution in [0, 0.1) is 0 Å². The second-order valence-corrected chi connectivity index (χ2v) is 3.44. The number of ether oxygens (including phenoxy) is 1. The van der Waals surface area contributed by atoms with E-state index < -0.39 is 5.97 Å². The van der Waals surface area contributed by atoms with E-state index >= 15 is 0 Å². The number of rotatable bonds is 3. The van der Waals surface area contributed by atoms with Gasteiger partial charge >= 0.3 is 5.97 Å². The molecule has 2 N–H and O–H groups in total. The molecular weight excluding hydrogens is 224 g/mol. The molecule has 0 radical (unpaired) electrons. The summed E-state index contributed by atoms with van der Waals surface area (Å²) in [5.74, 6) is -0.498. The molecule has 17 heavy (non-hydrogen) atoms. The number of fused-ring (bicyclic) bond motifs is 1. The van der Waals surface area contributed by atoms with Gasteiger partial charge in [0.2, 0.25) is 0 Å². The highest BCUT2D eigenvalue weighted by Crippen LogP contribution is 2.20. The van der Waals surface area contributed by atoms with Crippen LogP contribution in [-0.4, -0.2) is 28.2 Å². The van der Waals surface area contributed by atoms with Crippen molar-refractivity contribution in [1.29, 1.82) is 0 Å². The number of aromatic nitrogens is 2. The largest absolute Gasteiger partial charge is 0.494 e. The van der Waals surface area contributed by atoms with Gasteiger partial charge in [0.15, 0.2) is 0 Å². The number of para-hydroxylation sites is 1. The number of hydrogen-bond acceptors (Lipinski definition) is 4. The highest BCUT2D eigenvalue weighted by molar-refractivity contribution is 5.84. The highest BCUT2D eigenvalue weighted by atomic mass is 16.5. The van der Waals surface area contributed by atoms with E-state index in [1.54, 1.807) is 18.2 Å². The van der Waals surface area contributed by atoms with Crippen LogP contribution < -0.4 is 10.3 Å². The average molecular weight is 234 g/mol. The number of nitrogens with zero attached hydrogens (tertiary/aromatic N) is 1. The van der Waals surface area contributed by atoms with E-state index in [9.17, 15) is 9.59 Å². The number of carboxylic acid groups (broad SMARTS) is 1. The molecule has 0 amide bonds. The second-order valence-electron chi connectivity index (χ2n) is 3.44.